The smallest absolute Gasteiger partial charge is 0.435 e. The second kappa shape index (κ2) is 7.31. The minimum Gasteiger partial charge on any atom is -0.462 e. The molecule has 0 fully saturated rings. The molecule has 0 aliphatic heterocycles. The zero-order chi connectivity index (χ0) is 19.7. The largest absolute Gasteiger partial charge is 0.462 e. The summed E-state index contributed by atoms with van der Waals surface area (Å²) in [5, 5.41) is -0.985. The number of alkyl halides is 6. The molecule has 2 aromatic rings. The molecule has 1 aromatic carbocycles. The Labute approximate surface area is 151 Å². The van der Waals surface area contributed by atoms with Gasteiger partial charge in [-0.25, -0.2) is 4.79 Å². The Balaban J connectivity index is 2.43. The molecule has 12 heteroatoms. The van der Waals surface area contributed by atoms with E-state index in [-0.39, 0.29) is 23.0 Å². The third kappa shape index (κ3) is 4.58. The summed E-state index contributed by atoms with van der Waals surface area (Å²) in [6, 6.07) is 2.08. The first kappa shape index (κ1) is 20.3. The van der Waals surface area contributed by atoms with Crippen molar-refractivity contribution < 1.29 is 40.6 Å². The van der Waals surface area contributed by atoms with Crippen LogP contribution in [0.2, 0.25) is 5.02 Å². The van der Waals surface area contributed by atoms with Crippen LogP contribution < -0.4 is 4.74 Å². The van der Waals surface area contributed by atoms with Crippen molar-refractivity contribution in [2.45, 2.75) is 19.3 Å². The lowest BCUT2D eigenvalue weighted by atomic mass is 10.2. The number of thiazole rings is 1. The number of hydrogen-bond acceptors (Lipinski definition) is 5. The molecule has 1 aromatic heterocycles. The molecule has 0 bridgehead atoms. The van der Waals surface area contributed by atoms with Crippen LogP contribution in [0.4, 0.5) is 26.3 Å². The summed E-state index contributed by atoms with van der Waals surface area (Å²) >= 11 is 5.90. The second-order valence-corrected chi connectivity index (χ2v) is 5.99. The fraction of sp³-hybridized carbons (Fsp3) is 0.286. The van der Waals surface area contributed by atoms with Crippen LogP contribution in [0.5, 0.6) is 10.9 Å². The first-order valence-electron chi connectivity index (χ1n) is 6.73. The number of nitrogens with zero attached hydrogens (tertiary/aromatic N) is 1. The maximum atomic E-state index is 13.0. The minimum absolute atomic E-state index is 0.177. The monoisotopic (exact) mass is 419 g/mol. The molecule has 142 valence electrons. The predicted octanol–water partition coefficient (Wildman–Crippen LogP) is 5.80. The molecule has 0 saturated carbocycles. The van der Waals surface area contributed by atoms with Crippen LogP contribution in [-0.4, -0.2) is 17.6 Å². The Hall–Kier alpha value is -2.01. The molecular formula is C14H8ClF6NO3S. The van der Waals surface area contributed by atoms with Crippen molar-refractivity contribution in [1.82, 2.24) is 4.98 Å². The second-order valence-electron chi connectivity index (χ2n) is 4.62. The molecule has 0 unspecified atom stereocenters. The van der Waals surface area contributed by atoms with Crippen molar-refractivity contribution in [3.8, 4) is 10.9 Å². The summed E-state index contributed by atoms with van der Waals surface area (Å²) in [5.74, 6) is -1.83. The van der Waals surface area contributed by atoms with E-state index >= 15 is 0 Å². The van der Waals surface area contributed by atoms with Gasteiger partial charge in [0.1, 0.15) is 10.6 Å². The van der Waals surface area contributed by atoms with E-state index < -0.39 is 45.4 Å². The lowest BCUT2D eigenvalue weighted by Gasteiger charge is -2.10. The molecule has 0 aliphatic rings. The molecule has 0 spiro atoms. The van der Waals surface area contributed by atoms with Gasteiger partial charge in [0.2, 0.25) is 0 Å². The number of ether oxygens (including phenoxy) is 2. The standard InChI is InChI=1S/C14H8ClF6NO3S/c1-2-24-11(23)9-10(14(19,20)21)22-12(26-9)25-8-5-6(13(16,17)18)3-4-7(8)15/h3-5H,2H2,1H3. The molecular weight excluding hydrogens is 412 g/mol. The van der Waals surface area contributed by atoms with Gasteiger partial charge in [-0.3, -0.25) is 0 Å². The van der Waals surface area contributed by atoms with Gasteiger partial charge in [0, 0.05) is 0 Å². The van der Waals surface area contributed by atoms with Crippen LogP contribution in [0, 0.1) is 0 Å². The number of halogens is 7. The first-order valence-corrected chi connectivity index (χ1v) is 7.92. The van der Waals surface area contributed by atoms with Gasteiger partial charge in [0.25, 0.3) is 5.19 Å². The highest BCUT2D eigenvalue weighted by atomic mass is 35.5. The Morgan fingerprint density at radius 3 is 2.38 bits per heavy atom. The zero-order valence-electron chi connectivity index (χ0n) is 12.7. The number of carbonyl (C=O) groups is 1. The molecule has 2 rings (SSSR count). The van der Waals surface area contributed by atoms with E-state index in [0.29, 0.717) is 12.1 Å². The Kier molecular flexibility index (Phi) is 5.71. The summed E-state index contributed by atoms with van der Waals surface area (Å²) in [4.78, 5) is 13.9. The van der Waals surface area contributed by atoms with Crippen LogP contribution in [-0.2, 0) is 17.1 Å². The van der Waals surface area contributed by atoms with E-state index in [2.05, 4.69) is 9.72 Å². The number of esters is 1. The molecule has 0 atom stereocenters. The molecule has 0 amide bonds. The molecule has 0 saturated heterocycles. The highest BCUT2D eigenvalue weighted by Gasteiger charge is 2.41. The van der Waals surface area contributed by atoms with Gasteiger partial charge in [-0.15, -0.1) is 0 Å². The number of rotatable bonds is 4. The average molecular weight is 420 g/mol. The number of benzene rings is 1. The van der Waals surface area contributed by atoms with Gasteiger partial charge in [0.05, 0.1) is 17.2 Å². The van der Waals surface area contributed by atoms with E-state index in [4.69, 9.17) is 16.3 Å². The van der Waals surface area contributed by atoms with Crippen molar-refractivity contribution in [1.29, 1.82) is 0 Å². The molecule has 0 N–H and O–H groups in total. The van der Waals surface area contributed by atoms with Crippen molar-refractivity contribution in [2.75, 3.05) is 6.61 Å². The Morgan fingerprint density at radius 1 is 1.19 bits per heavy atom. The van der Waals surface area contributed by atoms with Gasteiger partial charge in [-0.2, -0.15) is 31.3 Å². The van der Waals surface area contributed by atoms with Crippen molar-refractivity contribution in [3.63, 3.8) is 0 Å². The lowest BCUT2D eigenvalue weighted by Crippen LogP contribution is -2.13. The summed E-state index contributed by atoms with van der Waals surface area (Å²) in [7, 11) is 0. The highest BCUT2D eigenvalue weighted by molar-refractivity contribution is 7.15. The van der Waals surface area contributed by atoms with E-state index in [9.17, 15) is 31.1 Å². The molecule has 0 aliphatic carbocycles. The molecule has 0 radical (unpaired) electrons. The molecule has 4 nitrogen and oxygen atoms in total. The first-order chi connectivity index (χ1) is 11.9. The fourth-order valence-corrected chi connectivity index (χ4v) is 2.72. The SMILES string of the molecule is CCOC(=O)c1sc(Oc2cc(C(F)(F)F)ccc2Cl)nc1C(F)(F)F. The summed E-state index contributed by atoms with van der Waals surface area (Å²) in [5.41, 5.74) is -2.67. The topological polar surface area (TPSA) is 48.4 Å². The highest BCUT2D eigenvalue weighted by Crippen LogP contribution is 2.41. The van der Waals surface area contributed by atoms with E-state index in [1.807, 2.05) is 0 Å². The third-order valence-electron chi connectivity index (χ3n) is 2.79. The number of hydrogen-bond donors (Lipinski definition) is 0. The lowest BCUT2D eigenvalue weighted by molar-refractivity contribution is -0.141. The number of carbonyl (C=O) groups excluding carboxylic acids is 1. The van der Waals surface area contributed by atoms with Crippen molar-refractivity contribution in [2.24, 2.45) is 0 Å². The van der Waals surface area contributed by atoms with Gasteiger partial charge in [0.15, 0.2) is 5.69 Å². The fourth-order valence-electron chi connectivity index (χ4n) is 1.72. The predicted molar refractivity (Wildman–Crippen MR) is 79.6 cm³/mol. The maximum absolute atomic E-state index is 13.0. The van der Waals surface area contributed by atoms with E-state index in [0.717, 1.165) is 6.07 Å². The summed E-state index contributed by atoms with van der Waals surface area (Å²) in [6.45, 7) is 1.22. The van der Waals surface area contributed by atoms with E-state index in [1.165, 1.54) is 6.92 Å². The summed E-state index contributed by atoms with van der Waals surface area (Å²) < 4.78 is 86.7. The minimum atomic E-state index is -4.99. The van der Waals surface area contributed by atoms with Gasteiger partial charge < -0.3 is 9.47 Å². The molecule has 26 heavy (non-hydrogen) atoms. The molecule has 1 heterocycles. The Morgan fingerprint density at radius 2 is 1.85 bits per heavy atom. The maximum Gasteiger partial charge on any atom is 0.435 e. The van der Waals surface area contributed by atoms with Gasteiger partial charge in [-0.1, -0.05) is 22.9 Å². The zero-order valence-corrected chi connectivity index (χ0v) is 14.2. The van der Waals surface area contributed by atoms with Crippen LogP contribution in [0.3, 0.4) is 0 Å². The van der Waals surface area contributed by atoms with E-state index in [1.54, 1.807) is 0 Å². The van der Waals surface area contributed by atoms with Crippen LogP contribution in [0.15, 0.2) is 18.2 Å². The normalized spacial score (nSPS) is 12.2. The third-order valence-corrected chi connectivity index (χ3v) is 4.02. The van der Waals surface area contributed by atoms with Crippen LogP contribution in [0.25, 0.3) is 0 Å². The van der Waals surface area contributed by atoms with Gasteiger partial charge in [-0.05, 0) is 25.1 Å². The van der Waals surface area contributed by atoms with Crippen LogP contribution in [0.1, 0.15) is 27.9 Å². The van der Waals surface area contributed by atoms with Crippen LogP contribution >= 0.6 is 22.9 Å². The van der Waals surface area contributed by atoms with Crippen molar-refractivity contribution >= 4 is 28.9 Å². The van der Waals surface area contributed by atoms with Gasteiger partial charge >= 0.3 is 18.3 Å². The number of aromatic nitrogens is 1. The average Bonchev–Trinajstić information content (AvgIpc) is 2.93. The quantitative estimate of drug-likeness (QED) is 0.464. The summed E-state index contributed by atoms with van der Waals surface area (Å²) in [6.07, 6.45) is -9.70. The Bertz CT molecular complexity index is 818. The van der Waals surface area contributed by atoms with Crippen molar-refractivity contribution in [3.05, 3.63) is 39.4 Å².